The Kier molecular flexibility index (Phi) is 2.38. The highest BCUT2D eigenvalue weighted by Crippen LogP contribution is 2.19. The predicted molar refractivity (Wildman–Crippen MR) is 43.3 cm³/mol. The van der Waals surface area contributed by atoms with Gasteiger partial charge < -0.3 is 4.74 Å². The zero-order chi connectivity index (χ0) is 9.14. The van der Waals surface area contributed by atoms with Crippen molar-refractivity contribution in [3.05, 3.63) is 24.4 Å². The van der Waals surface area contributed by atoms with Gasteiger partial charge in [0.05, 0.1) is 7.11 Å². The number of aromatic nitrogens is 2. The average molecular weight is 168 g/mol. The number of ether oxygens (including phenoxy) is 1. The van der Waals surface area contributed by atoms with Crippen LogP contribution in [0.1, 0.15) is 12.6 Å². The lowest BCUT2D eigenvalue weighted by Crippen LogP contribution is -1.98. The Morgan fingerprint density at radius 2 is 2.25 bits per heavy atom. The molecule has 0 aliphatic carbocycles. The molecule has 0 amide bonds. The summed E-state index contributed by atoms with van der Waals surface area (Å²) in [6.07, 6.45) is 1.24. The van der Waals surface area contributed by atoms with Gasteiger partial charge in [-0.15, -0.1) is 0 Å². The van der Waals surface area contributed by atoms with E-state index in [1.165, 1.54) is 13.4 Å². The normalized spacial score (nSPS) is 9.58. The van der Waals surface area contributed by atoms with Crippen molar-refractivity contribution in [1.29, 1.82) is 0 Å². The lowest BCUT2D eigenvalue weighted by Gasteiger charge is -2.03. The molecule has 64 valence electrons. The Morgan fingerprint density at radius 1 is 1.58 bits per heavy atom. The van der Waals surface area contributed by atoms with Gasteiger partial charge in [0.25, 0.3) is 5.88 Å². The summed E-state index contributed by atoms with van der Waals surface area (Å²) in [6, 6.07) is 0. The monoisotopic (exact) mass is 168 g/mol. The lowest BCUT2D eigenvalue weighted by atomic mass is 10.2. The summed E-state index contributed by atoms with van der Waals surface area (Å²) in [7, 11) is 1.35. The van der Waals surface area contributed by atoms with Crippen molar-refractivity contribution in [2.75, 3.05) is 7.11 Å². The minimum Gasteiger partial charge on any atom is -0.479 e. The summed E-state index contributed by atoms with van der Waals surface area (Å²) in [5.41, 5.74) is 0.745. The molecule has 0 radical (unpaired) electrons. The second kappa shape index (κ2) is 3.30. The number of hydrogen-bond donors (Lipinski definition) is 0. The molecule has 1 aromatic heterocycles. The molecule has 0 saturated carbocycles. The van der Waals surface area contributed by atoms with Crippen LogP contribution in [0.4, 0.5) is 4.39 Å². The van der Waals surface area contributed by atoms with Crippen molar-refractivity contribution in [2.45, 2.75) is 6.92 Å². The molecule has 0 saturated heterocycles. The van der Waals surface area contributed by atoms with E-state index in [1.807, 2.05) is 0 Å². The topological polar surface area (TPSA) is 35.0 Å². The van der Waals surface area contributed by atoms with E-state index in [4.69, 9.17) is 0 Å². The van der Waals surface area contributed by atoms with Crippen molar-refractivity contribution in [3.8, 4) is 5.88 Å². The standard InChI is InChI=1S/C8H9FN2O/c1-5(2)7-6(9)8(12-3)11-4-10-7/h4H,1H2,2-3H3. The first kappa shape index (κ1) is 8.64. The second-order valence-electron chi connectivity index (χ2n) is 2.33. The molecular formula is C8H9FN2O. The highest BCUT2D eigenvalue weighted by molar-refractivity contribution is 5.58. The van der Waals surface area contributed by atoms with E-state index in [-0.39, 0.29) is 11.6 Å². The van der Waals surface area contributed by atoms with Crippen molar-refractivity contribution in [3.63, 3.8) is 0 Å². The zero-order valence-electron chi connectivity index (χ0n) is 6.97. The Balaban J connectivity index is 3.23. The number of hydrogen-bond acceptors (Lipinski definition) is 3. The molecule has 0 unspecified atom stereocenters. The van der Waals surface area contributed by atoms with E-state index in [2.05, 4.69) is 21.3 Å². The fourth-order valence-electron chi connectivity index (χ4n) is 0.794. The number of allylic oxidation sites excluding steroid dienone is 1. The molecule has 0 N–H and O–H groups in total. The van der Waals surface area contributed by atoms with Gasteiger partial charge in [-0.1, -0.05) is 6.58 Å². The van der Waals surface area contributed by atoms with Gasteiger partial charge in [-0.2, -0.15) is 9.37 Å². The van der Waals surface area contributed by atoms with E-state index in [0.717, 1.165) is 0 Å². The molecule has 0 bridgehead atoms. The van der Waals surface area contributed by atoms with Crippen LogP contribution in [-0.2, 0) is 0 Å². The first-order valence-electron chi connectivity index (χ1n) is 3.37. The van der Waals surface area contributed by atoms with Gasteiger partial charge in [0, 0.05) is 0 Å². The van der Waals surface area contributed by atoms with Crippen LogP contribution < -0.4 is 4.74 Å². The molecule has 1 rings (SSSR count). The van der Waals surface area contributed by atoms with Gasteiger partial charge in [-0.05, 0) is 12.5 Å². The first-order chi connectivity index (χ1) is 5.66. The minimum absolute atomic E-state index is 0.0528. The molecule has 0 aliphatic rings. The molecule has 0 aromatic carbocycles. The van der Waals surface area contributed by atoms with Crippen LogP contribution >= 0.6 is 0 Å². The Bertz CT molecular complexity index is 312. The number of nitrogens with zero attached hydrogens (tertiary/aromatic N) is 2. The average Bonchev–Trinajstić information content (AvgIpc) is 2.04. The van der Waals surface area contributed by atoms with E-state index < -0.39 is 5.82 Å². The van der Waals surface area contributed by atoms with E-state index in [9.17, 15) is 4.39 Å². The van der Waals surface area contributed by atoms with Crippen molar-refractivity contribution in [2.24, 2.45) is 0 Å². The number of halogens is 1. The van der Waals surface area contributed by atoms with E-state index in [0.29, 0.717) is 5.57 Å². The first-order valence-corrected chi connectivity index (χ1v) is 3.37. The quantitative estimate of drug-likeness (QED) is 0.673. The maximum atomic E-state index is 13.2. The highest BCUT2D eigenvalue weighted by Gasteiger charge is 2.10. The number of rotatable bonds is 2. The van der Waals surface area contributed by atoms with Crippen molar-refractivity contribution in [1.82, 2.24) is 9.97 Å². The van der Waals surface area contributed by atoms with E-state index in [1.54, 1.807) is 6.92 Å². The molecular weight excluding hydrogens is 159 g/mol. The Hall–Kier alpha value is -1.45. The van der Waals surface area contributed by atoms with Crippen LogP contribution in [0.15, 0.2) is 12.9 Å². The fourth-order valence-corrected chi connectivity index (χ4v) is 0.794. The summed E-state index contributed by atoms with van der Waals surface area (Å²) in [5, 5.41) is 0. The van der Waals surface area contributed by atoms with Crippen LogP contribution in [-0.4, -0.2) is 17.1 Å². The third-order valence-electron chi connectivity index (χ3n) is 1.36. The van der Waals surface area contributed by atoms with Gasteiger partial charge in [0.1, 0.15) is 12.0 Å². The largest absolute Gasteiger partial charge is 0.479 e. The van der Waals surface area contributed by atoms with Gasteiger partial charge in [0.2, 0.25) is 5.82 Å². The van der Waals surface area contributed by atoms with Gasteiger partial charge >= 0.3 is 0 Å². The van der Waals surface area contributed by atoms with Gasteiger partial charge in [0.15, 0.2) is 0 Å². The predicted octanol–water partition coefficient (Wildman–Crippen LogP) is 1.66. The van der Waals surface area contributed by atoms with Gasteiger partial charge in [-0.25, -0.2) is 4.98 Å². The second-order valence-corrected chi connectivity index (χ2v) is 2.33. The summed E-state index contributed by atoms with van der Waals surface area (Å²) in [6.45, 7) is 5.25. The van der Waals surface area contributed by atoms with Crippen LogP contribution in [0.3, 0.4) is 0 Å². The summed E-state index contributed by atoms with van der Waals surface area (Å²) in [4.78, 5) is 7.31. The smallest absolute Gasteiger partial charge is 0.253 e. The van der Waals surface area contributed by atoms with Crippen LogP contribution in [0.2, 0.25) is 0 Å². The zero-order valence-corrected chi connectivity index (χ0v) is 6.97. The lowest BCUT2D eigenvalue weighted by molar-refractivity contribution is 0.366. The third-order valence-corrected chi connectivity index (χ3v) is 1.36. The molecule has 1 aromatic rings. The van der Waals surface area contributed by atoms with Crippen LogP contribution in [0, 0.1) is 5.82 Å². The third kappa shape index (κ3) is 1.42. The Morgan fingerprint density at radius 3 is 2.75 bits per heavy atom. The van der Waals surface area contributed by atoms with Crippen LogP contribution in [0.5, 0.6) is 5.88 Å². The molecule has 3 nitrogen and oxygen atoms in total. The van der Waals surface area contributed by atoms with Crippen molar-refractivity contribution < 1.29 is 9.13 Å². The maximum absolute atomic E-state index is 13.2. The van der Waals surface area contributed by atoms with Gasteiger partial charge in [-0.3, -0.25) is 0 Å². The molecule has 1 heterocycles. The van der Waals surface area contributed by atoms with Crippen LogP contribution in [0.25, 0.3) is 5.57 Å². The highest BCUT2D eigenvalue weighted by atomic mass is 19.1. The molecule has 4 heteroatoms. The minimum atomic E-state index is -0.562. The Labute approximate surface area is 69.9 Å². The van der Waals surface area contributed by atoms with Crippen molar-refractivity contribution >= 4 is 5.57 Å². The number of methoxy groups -OCH3 is 1. The molecule has 12 heavy (non-hydrogen) atoms. The maximum Gasteiger partial charge on any atom is 0.253 e. The SMILES string of the molecule is C=C(C)c1ncnc(OC)c1F. The summed E-state index contributed by atoms with van der Waals surface area (Å²) < 4.78 is 17.9. The molecule has 0 atom stereocenters. The molecule has 0 spiro atoms. The van der Waals surface area contributed by atoms with E-state index >= 15 is 0 Å². The fraction of sp³-hybridized carbons (Fsp3) is 0.250. The molecule has 0 fully saturated rings. The summed E-state index contributed by atoms with van der Waals surface area (Å²) in [5.74, 6) is -0.615. The summed E-state index contributed by atoms with van der Waals surface area (Å²) >= 11 is 0. The molecule has 0 aliphatic heterocycles.